The number of anilines is 1. The highest BCUT2D eigenvalue weighted by molar-refractivity contribution is 6.30. The standard InChI is InChI=1S/C19H18ClF3N4/c20-16-1-3-17(4-2-16)26-9-7-25(8-10-26)12-14-11-15(19(21,22)23)13-27-6-5-24-18(14)27/h1-6,11,13H,7-10,12H2. The van der Waals surface area contributed by atoms with Gasteiger partial charge in [0, 0.05) is 67.6 Å². The fourth-order valence-corrected chi connectivity index (χ4v) is 3.56. The number of halogens is 4. The molecule has 3 aromatic rings. The summed E-state index contributed by atoms with van der Waals surface area (Å²) in [5, 5.41) is 0.700. The zero-order chi connectivity index (χ0) is 19.0. The van der Waals surface area contributed by atoms with E-state index in [4.69, 9.17) is 11.6 Å². The third kappa shape index (κ3) is 3.89. The van der Waals surface area contributed by atoms with Crippen molar-refractivity contribution in [3.8, 4) is 0 Å². The Kier molecular flexibility index (Phi) is 4.74. The van der Waals surface area contributed by atoms with Crippen LogP contribution in [0.15, 0.2) is 48.9 Å². The Balaban J connectivity index is 1.49. The van der Waals surface area contributed by atoms with Gasteiger partial charge < -0.3 is 9.30 Å². The Labute approximate surface area is 159 Å². The van der Waals surface area contributed by atoms with Gasteiger partial charge in [-0.2, -0.15) is 13.2 Å². The molecule has 0 N–H and O–H groups in total. The van der Waals surface area contributed by atoms with E-state index in [9.17, 15) is 13.2 Å². The minimum absolute atomic E-state index is 0.443. The fraction of sp³-hybridized carbons (Fsp3) is 0.316. The molecule has 142 valence electrons. The van der Waals surface area contributed by atoms with E-state index >= 15 is 0 Å². The van der Waals surface area contributed by atoms with Crippen molar-refractivity contribution in [3.05, 3.63) is 65.1 Å². The molecule has 1 aromatic carbocycles. The molecule has 1 aliphatic heterocycles. The van der Waals surface area contributed by atoms with Crippen LogP contribution in [-0.2, 0) is 12.7 Å². The number of hydrogen-bond acceptors (Lipinski definition) is 3. The van der Waals surface area contributed by atoms with E-state index in [2.05, 4.69) is 14.8 Å². The molecule has 0 unspecified atom stereocenters. The van der Waals surface area contributed by atoms with Crippen LogP contribution < -0.4 is 4.90 Å². The van der Waals surface area contributed by atoms with Gasteiger partial charge in [-0.05, 0) is 30.3 Å². The van der Waals surface area contributed by atoms with E-state index in [0.29, 0.717) is 22.8 Å². The third-order valence-corrected chi connectivity index (χ3v) is 5.10. The first-order valence-corrected chi connectivity index (χ1v) is 9.03. The Morgan fingerprint density at radius 1 is 1.04 bits per heavy atom. The maximum Gasteiger partial charge on any atom is 0.417 e. The lowest BCUT2D eigenvalue weighted by Gasteiger charge is -2.36. The van der Waals surface area contributed by atoms with Crippen molar-refractivity contribution in [1.29, 1.82) is 0 Å². The Morgan fingerprint density at radius 3 is 2.41 bits per heavy atom. The zero-order valence-electron chi connectivity index (χ0n) is 14.5. The smallest absolute Gasteiger partial charge is 0.369 e. The summed E-state index contributed by atoms with van der Waals surface area (Å²) in [6.45, 7) is 3.60. The molecule has 1 fully saturated rings. The molecule has 0 atom stereocenters. The number of alkyl halides is 3. The van der Waals surface area contributed by atoms with Crippen LogP contribution in [0.25, 0.3) is 5.65 Å². The molecule has 2 aromatic heterocycles. The van der Waals surface area contributed by atoms with Gasteiger partial charge in [0.05, 0.1) is 5.56 Å². The topological polar surface area (TPSA) is 23.8 Å². The summed E-state index contributed by atoms with van der Waals surface area (Å²) in [5.74, 6) is 0. The summed E-state index contributed by atoms with van der Waals surface area (Å²) < 4.78 is 41.0. The number of fused-ring (bicyclic) bond motifs is 1. The van der Waals surface area contributed by atoms with E-state index in [1.54, 1.807) is 6.20 Å². The lowest BCUT2D eigenvalue weighted by atomic mass is 10.1. The lowest BCUT2D eigenvalue weighted by molar-refractivity contribution is -0.137. The number of nitrogens with zero attached hydrogens (tertiary/aromatic N) is 4. The highest BCUT2D eigenvalue weighted by atomic mass is 35.5. The molecule has 0 radical (unpaired) electrons. The maximum atomic E-state index is 13.2. The molecule has 0 aliphatic carbocycles. The minimum atomic E-state index is -4.37. The highest BCUT2D eigenvalue weighted by Crippen LogP contribution is 2.31. The molecule has 27 heavy (non-hydrogen) atoms. The SMILES string of the molecule is FC(F)(F)c1cc(CN2CCN(c3ccc(Cl)cc3)CC2)c2nccn2c1. The molecular weight excluding hydrogens is 377 g/mol. The quantitative estimate of drug-likeness (QED) is 0.660. The monoisotopic (exact) mass is 394 g/mol. The summed E-state index contributed by atoms with van der Waals surface area (Å²) in [6.07, 6.45) is -0.213. The molecule has 0 spiro atoms. The Hall–Kier alpha value is -2.25. The van der Waals surface area contributed by atoms with Crippen LogP contribution in [0, 0.1) is 0 Å². The average molecular weight is 395 g/mol. The zero-order valence-corrected chi connectivity index (χ0v) is 15.2. The lowest BCUT2D eigenvalue weighted by Crippen LogP contribution is -2.46. The summed E-state index contributed by atoms with van der Waals surface area (Å²) >= 11 is 5.93. The van der Waals surface area contributed by atoms with Gasteiger partial charge in [-0.1, -0.05) is 11.6 Å². The molecular formula is C19H18ClF3N4. The third-order valence-electron chi connectivity index (χ3n) is 4.85. The van der Waals surface area contributed by atoms with E-state index in [1.165, 1.54) is 16.7 Å². The van der Waals surface area contributed by atoms with Crippen molar-refractivity contribution in [1.82, 2.24) is 14.3 Å². The maximum absolute atomic E-state index is 13.2. The summed E-state index contributed by atoms with van der Waals surface area (Å²) in [5.41, 5.74) is 1.62. The number of imidazole rings is 1. The number of rotatable bonds is 3. The van der Waals surface area contributed by atoms with Crippen molar-refractivity contribution in [3.63, 3.8) is 0 Å². The molecule has 4 rings (SSSR count). The molecule has 0 amide bonds. The van der Waals surface area contributed by atoms with E-state index in [-0.39, 0.29) is 0 Å². The predicted molar refractivity (Wildman–Crippen MR) is 99.1 cm³/mol. The van der Waals surface area contributed by atoms with Gasteiger partial charge in [-0.25, -0.2) is 4.98 Å². The van der Waals surface area contributed by atoms with E-state index < -0.39 is 11.7 Å². The van der Waals surface area contributed by atoms with Gasteiger partial charge >= 0.3 is 6.18 Å². The molecule has 1 saturated heterocycles. The summed E-state index contributed by atoms with van der Waals surface area (Å²) in [6, 6.07) is 8.91. The molecule has 3 heterocycles. The van der Waals surface area contributed by atoms with Crippen LogP contribution >= 0.6 is 11.6 Å². The molecule has 8 heteroatoms. The number of benzene rings is 1. The van der Waals surface area contributed by atoms with Gasteiger partial charge in [0.1, 0.15) is 5.65 Å². The van der Waals surface area contributed by atoms with Gasteiger partial charge in [0.15, 0.2) is 0 Å². The van der Waals surface area contributed by atoms with Crippen molar-refractivity contribution in [2.45, 2.75) is 12.7 Å². The molecule has 1 aliphatic rings. The van der Waals surface area contributed by atoms with Crippen molar-refractivity contribution < 1.29 is 13.2 Å². The van der Waals surface area contributed by atoms with Gasteiger partial charge in [0.25, 0.3) is 0 Å². The summed E-state index contributed by atoms with van der Waals surface area (Å²) in [7, 11) is 0. The van der Waals surface area contributed by atoms with Crippen molar-refractivity contribution in [2.75, 3.05) is 31.1 Å². The number of piperazine rings is 1. The highest BCUT2D eigenvalue weighted by Gasteiger charge is 2.32. The number of aromatic nitrogens is 2. The second-order valence-corrected chi connectivity index (χ2v) is 7.09. The second kappa shape index (κ2) is 7.05. The summed E-state index contributed by atoms with van der Waals surface area (Å²) in [4.78, 5) is 8.64. The average Bonchev–Trinajstić information content (AvgIpc) is 3.11. The second-order valence-electron chi connectivity index (χ2n) is 6.65. The predicted octanol–water partition coefficient (Wildman–Crippen LogP) is 4.33. The van der Waals surface area contributed by atoms with Crippen LogP contribution in [0.2, 0.25) is 5.02 Å². The number of hydrogen-bond donors (Lipinski definition) is 0. The van der Waals surface area contributed by atoms with Crippen LogP contribution in [0.1, 0.15) is 11.1 Å². The Bertz CT molecular complexity index is 928. The normalized spacial score (nSPS) is 16.2. The first-order valence-electron chi connectivity index (χ1n) is 8.66. The van der Waals surface area contributed by atoms with Gasteiger partial charge in [0.2, 0.25) is 0 Å². The van der Waals surface area contributed by atoms with Gasteiger partial charge in [-0.15, -0.1) is 0 Å². The van der Waals surface area contributed by atoms with Crippen LogP contribution in [0.4, 0.5) is 18.9 Å². The molecule has 0 saturated carbocycles. The first-order chi connectivity index (χ1) is 12.9. The van der Waals surface area contributed by atoms with E-state index in [1.807, 2.05) is 24.3 Å². The molecule has 0 bridgehead atoms. The van der Waals surface area contributed by atoms with Crippen molar-refractivity contribution >= 4 is 22.9 Å². The first kappa shape index (κ1) is 18.1. The molecule has 4 nitrogen and oxygen atoms in total. The number of pyridine rings is 1. The largest absolute Gasteiger partial charge is 0.417 e. The fourth-order valence-electron chi connectivity index (χ4n) is 3.43. The van der Waals surface area contributed by atoms with Crippen LogP contribution in [0.5, 0.6) is 0 Å². The minimum Gasteiger partial charge on any atom is -0.369 e. The van der Waals surface area contributed by atoms with Crippen LogP contribution in [-0.4, -0.2) is 40.5 Å². The van der Waals surface area contributed by atoms with Crippen molar-refractivity contribution in [2.24, 2.45) is 0 Å². The van der Waals surface area contributed by atoms with Crippen LogP contribution in [0.3, 0.4) is 0 Å². The van der Waals surface area contributed by atoms with Gasteiger partial charge in [-0.3, -0.25) is 4.90 Å². The Morgan fingerprint density at radius 2 is 1.74 bits per heavy atom. The van der Waals surface area contributed by atoms with E-state index in [0.717, 1.165) is 38.1 Å².